The van der Waals surface area contributed by atoms with Gasteiger partial charge in [0.05, 0.1) is 0 Å². The number of fused-ring (bicyclic) bond motifs is 1. The van der Waals surface area contributed by atoms with Crippen molar-refractivity contribution < 1.29 is 4.42 Å². The highest BCUT2D eigenvalue weighted by Gasteiger charge is 2.14. The zero-order chi connectivity index (χ0) is 17.8. The molecule has 1 heteroatoms. The lowest BCUT2D eigenvalue weighted by Crippen LogP contribution is -1.88. The van der Waals surface area contributed by atoms with Gasteiger partial charge in [-0.15, -0.1) is 0 Å². The Labute approximate surface area is 150 Å². The van der Waals surface area contributed by atoms with Gasteiger partial charge in [-0.3, -0.25) is 0 Å². The normalized spacial score (nSPS) is 12.4. The molecule has 126 valence electrons. The van der Waals surface area contributed by atoms with Gasteiger partial charge in [0.25, 0.3) is 0 Å². The third-order valence-corrected chi connectivity index (χ3v) is 4.33. The second-order valence-corrected chi connectivity index (χ2v) is 6.46. The summed E-state index contributed by atoms with van der Waals surface area (Å²) in [5.74, 6) is 1.39. The molecule has 25 heavy (non-hydrogen) atoms. The average Bonchev–Trinajstić information content (AvgIpc) is 3.06. The molecule has 3 rings (SSSR count). The lowest BCUT2D eigenvalue weighted by molar-refractivity contribution is 0.522. The molecule has 0 aliphatic rings. The summed E-state index contributed by atoms with van der Waals surface area (Å²) in [6.45, 7) is 10.3. The monoisotopic (exact) mass is 328 g/mol. The van der Waals surface area contributed by atoms with Crippen molar-refractivity contribution in [3.05, 3.63) is 90.7 Å². The SMILES string of the molecule is C=C/C(=C\C=C/C)c1cc2cc(C(C)C)oc2cc1-c1ccccc1. The Kier molecular flexibility index (Phi) is 5.04. The van der Waals surface area contributed by atoms with E-state index in [-0.39, 0.29) is 0 Å². The van der Waals surface area contributed by atoms with Crippen LogP contribution >= 0.6 is 0 Å². The summed E-state index contributed by atoms with van der Waals surface area (Å²) >= 11 is 0. The predicted octanol–water partition coefficient (Wildman–Crippen LogP) is 7.37. The molecule has 1 nitrogen and oxygen atoms in total. The minimum Gasteiger partial charge on any atom is -0.461 e. The van der Waals surface area contributed by atoms with Crippen LogP contribution in [0.3, 0.4) is 0 Å². The first-order valence-electron chi connectivity index (χ1n) is 8.72. The Morgan fingerprint density at radius 1 is 1.08 bits per heavy atom. The Bertz CT molecular complexity index is 937. The first-order valence-corrected chi connectivity index (χ1v) is 8.72. The molecule has 0 atom stereocenters. The number of allylic oxidation sites excluding steroid dienone is 5. The average molecular weight is 328 g/mol. The molecule has 0 amide bonds. The molecule has 0 bridgehead atoms. The summed E-state index contributed by atoms with van der Waals surface area (Å²) < 4.78 is 6.08. The fourth-order valence-electron chi connectivity index (χ4n) is 2.96. The first-order chi connectivity index (χ1) is 12.1. The van der Waals surface area contributed by atoms with Crippen molar-refractivity contribution in [1.82, 2.24) is 0 Å². The van der Waals surface area contributed by atoms with Crippen molar-refractivity contribution in [1.29, 1.82) is 0 Å². The summed E-state index contributed by atoms with van der Waals surface area (Å²) in [5.41, 5.74) is 5.54. The standard InChI is InChI=1S/C24H24O/c1-5-7-11-18(6-2)21-14-20-15-23(17(3)4)25-24(20)16-22(21)19-12-9-8-10-13-19/h5-17H,2H2,1,3-4H3/b7-5-,18-11+. The molecule has 1 aromatic heterocycles. The fourth-order valence-corrected chi connectivity index (χ4v) is 2.96. The van der Waals surface area contributed by atoms with Crippen LogP contribution < -0.4 is 0 Å². The van der Waals surface area contributed by atoms with E-state index in [1.165, 1.54) is 11.1 Å². The third kappa shape index (κ3) is 3.51. The van der Waals surface area contributed by atoms with Gasteiger partial charge in [-0.05, 0) is 47.4 Å². The minimum absolute atomic E-state index is 0.369. The third-order valence-electron chi connectivity index (χ3n) is 4.33. The van der Waals surface area contributed by atoms with Crippen LogP contribution in [0.5, 0.6) is 0 Å². The van der Waals surface area contributed by atoms with Crippen molar-refractivity contribution >= 4 is 16.5 Å². The Hall–Kier alpha value is -2.80. The lowest BCUT2D eigenvalue weighted by Gasteiger charge is -2.11. The number of hydrogen-bond donors (Lipinski definition) is 0. The van der Waals surface area contributed by atoms with Crippen LogP contribution in [0.4, 0.5) is 0 Å². The van der Waals surface area contributed by atoms with Crippen molar-refractivity contribution in [3.8, 4) is 11.1 Å². The van der Waals surface area contributed by atoms with E-state index in [0.29, 0.717) is 5.92 Å². The van der Waals surface area contributed by atoms with Crippen molar-refractivity contribution in [2.45, 2.75) is 26.7 Å². The lowest BCUT2D eigenvalue weighted by atomic mass is 9.92. The van der Waals surface area contributed by atoms with Gasteiger partial charge in [0, 0.05) is 11.3 Å². The molecule has 0 aliphatic carbocycles. The van der Waals surface area contributed by atoms with Crippen LogP contribution in [-0.4, -0.2) is 0 Å². The number of furan rings is 1. The molecule has 0 radical (unpaired) electrons. The van der Waals surface area contributed by atoms with E-state index < -0.39 is 0 Å². The predicted molar refractivity (Wildman–Crippen MR) is 109 cm³/mol. The summed E-state index contributed by atoms with van der Waals surface area (Å²) in [7, 11) is 0. The van der Waals surface area contributed by atoms with Crippen molar-refractivity contribution in [2.24, 2.45) is 0 Å². The van der Waals surface area contributed by atoms with Crippen molar-refractivity contribution in [2.75, 3.05) is 0 Å². The maximum atomic E-state index is 6.08. The maximum Gasteiger partial charge on any atom is 0.134 e. The molecular weight excluding hydrogens is 304 g/mol. The van der Waals surface area contributed by atoms with Crippen LogP contribution in [-0.2, 0) is 0 Å². The quantitative estimate of drug-likeness (QED) is 0.446. The van der Waals surface area contributed by atoms with E-state index in [0.717, 1.165) is 27.9 Å². The topological polar surface area (TPSA) is 13.1 Å². The van der Waals surface area contributed by atoms with E-state index in [1.807, 2.05) is 31.2 Å². The maximum absolute atomic E-state index is 6.08. The first kappa shape index (κ1) is 17.0. The molecule has 0 N–H and O–H groups in total. The molecule has 0 saturated carbocycles. The van der Waals surface area contributed by atoms with Crippen LogP contribution in [0.25, 0.3) is 27.7 Å². The Morgan fingerprint density at radius 2 is 1.84 bits per heavy atom. The van der Waals surface area contributed by atoms with E-state index in [4.69, 9.17) is 4.42 Å². The van der Waals surface area contributed by atoms with Gasteiger partial charge < -0.3 is 4.42 Å². The molecule has 0 saturated heterocycles. The molecule has 1 heterocycles. The Balaban J connectivity index is 2.29. The molecule has 0 unspecified atom stereocenters. The molecule has 0 aliphatic heterocycles. The largest absolute Gasteiger partial charge is 0.461 e. The highest BCUT2D eigenvalue weighted by atomic mass is 16.3. The van der Waals surface area contributed by atoms with Gasteiger partial charge in [-0.2, -0.15) is 0 Å². The Morgan fingerprint density at radius 3 is 2.48 bits per heavy atom. The zero-order valence-electron chi connectivity index (χ0n) is 15.1. The molecule has 2 aromatic carbocycles. The summed E-state index contributed by atoms with van der Waals surface area (Å²) in [6.07, 6.45) is 8.09. The van der Waals surface area contributed by atoms with Gasteiger partial charge in [0.2, 0.25) is 0 Å². The van der Waals surface area contributed by atoms with Crippen LogP contribution in [0.1, 0.15) is 38.0 Å². The van der Waals surface area contributed by atoms with E-state index in [1.54, 1.807) is 0 Å². The van der Waals surface area contributed by atoms with Gasteiger partial charge in [0.1, 0.15) is 11.3 Å². The second kappa shape index (κ2) is 7.40. The zero-order valence-corrected chi connectivity index (χ0v) is 15.1. The van der Waals surface area contributed by atoms with Crippen LogP contribution in [0.15, 0.2) is 83.8 Å². The highest BCUT2D eigenvalue weighted by molar-refractivity contribution is 5.94. The summed E-state index contributed by atoms with van der Waals surface area (Å²) in [5, 5.41) is 1.13. The molecule has 0 spiro atoms. The van der Waals surface area contributed by atoms with Gasteiger partial charge in [0.15, 0.2) is 0 Å². The van der Waals surface area contributed by atoms with E-state index >= 15 is 0 Å². The summed E-state index contributed by atoms with van der Waals surface area (Å²) in [4.78, 5) is 0. The van der Waals surface area contributed by atoms with E-state index in [2.05, 4.69) is 69.0 Å². The number of benzene rings is 2. The molecule has 0 fully saturated rings. The molecule has 3 aromatic rings. The van der Waals surface area contributed by atoms with Gasteiger partial charge >= 0.3 is 0 Å². The summed E-state index contributed by atoms with van der Waals surface area (Å²) in [6, 6.07) is 16.9. The fraction of sp³-hybridized carbons (Fsp3) is 0.167. The second-order valence-electron chi connectivity index (χ2n) is 6.46. The minimum atomic E-state index is 0.369. The number of rotatable bonds is 5. The van der Waals surface area contributed by atoms with Crippen molar-refractivity contribution in [3.63, 3.8) is 0 Å². The van der Waals surface area contributed by atoms with Crippen LogP contribution in [0.2, 0.25) is 0 Å². The smallest absolute Gasteiger partial charge is 0.134 e. The van der Waals surface area contributed by atoms with E-state index in [9.17, 15) is 0 Å². The van der Waals surface area contributed by atoms with Gasteiger partial charge in [-0.1, -0.05) is 75.1 Å². The van der Waals surface area contributed by atoms with Gasteiger partial charge in [-0.25, -0.2) is 0 Å². The van der Waals surface area contributed by atoms with Crippen LogP contribution in [0, 0.1) is 0 Å². The number of hydrogen-bond acceptors (Lipinski definition) is 1. The highest BCUT2D eigenvalue weighted by Crippen LogP contribution is 2.36. The molecular formula is C24H24O.